The van der Waals surface area contributed by atoms with E-state index in [1.807, 2.05) is 30.1 Å². The molecule has 0 bridgehead atoms. The maximum absolute atomic E-state index is 6.11. The molecule has 170 valence electrons. The molecule has 0 spiro atoms. The average Bonchev–Trinajstić information content (AvgIpc) is 2.99. The van der Waals surface area contributed by atoms with E-state index in [-0.39, 0.29) is 6.04 Å². The van der Waals surface area contributed by atoms with Crippen LogP contribution in [0, 0.1) is 13.8 Å². The molecule has 3 rings (SSSR count). The molecule has 2 heterocycles. The topological polar surface area (TPSA) is 76.4 Å². The smallest absolute Gasteiger partial charge is 0.213 e. The molecule has 7 heteroatoms. The van der Waals surface area contributed by atoms with Gasteiger partial charge in [-0.1, -0.05) is 6.42 Å². The van der Waals surface area contributed by atoms with Crippen LogP contribution in [-0.4, -0.2) is 39.4 Å². The monoisotopic (exact) mass is 426 g/mol. The summed E-state index contributed by atoms with van der Waals surface area (Å²) in [6, 6.07) is 4.27. The Bertz CT molecular complexity index is 869. The Morgan fingerprint density at radius 1 is 1.29 bits per heavy atom. The lowest BCUT2D eigenvalue weighted by molar-refractivity contribution is 0.148. The number of aliphatic imine (C=N–C) groups is 1. The van der Waals surface area contributed by atoms with Crippen LogP contribution in [0.15, 0.2) is 23.3 Å². The predicted molar refractivity (Wildman–Crippen MR) is 126 cm³/mol. The summed E-state index contributed by atoms with van der Waals surface area (Å²) in [4.78, 5) is 9.19. The minimum atomic E-state index is 0.238. The highest BCUT2D eigenvalue weighted by Crippen LogP contribution is 2.22. The molecule has 0 aliphatic heterocycles. The summed E-state index contributed by atoms with van der Waals surface area (Å²) in [5.41, 5.74) is 4.72. The number of aryl methyl sites for hydroxylation is 2. The number of aromatic nitrogens is 3. The SMILES string of the molecule is CCNC(=NCc1ccnc(OC2CCCCC2)c1)NC(C)Cc1c(C)nn(C)c1C. The summed E-state index contributed by atoms with van der Waals surface area (Å²) in [6.07, 6.45) is 9.12. The summed E-state index contributed by atoms with van der Waals surface area (Å²) in [6.45, 7) is 9.86. The minimum Gasteiger partial charge on any atom is -0.474 e. The third-order valence-corrected chi connectivity index (χ3v) is 5.96. The van der Waals surface area contributed by atoms with Crippen molar-refractivity contribution in [2.24, 2.45) is 12.0 Å². The lowest BCUT2D eigenvalue weighted by atomic mass is 9.98. The Hall–Kier alpha value is -2.57. The third-order valence-electron chi connectivity index (χ3n) is 5.96. The van der Waals surface area contributed by atoms with Gasteiger partial charge < -0.3 is 15.4 Å². The molecule has 0 aromatic carbocycles. The molecule has 2 aromatic rings. The zero-order valence-electron chi connectivity index (χ0n) is 19.7. The van der Waals surface area contributed by atoms with E-state index < -0.39 is 0 Å². The zero-order valence-corrected chi connectivity index (χ0v) is 19.7. The maximum Gasteiger partial charge on any atom is 0.213 e. The maximum atomic E-state index is 6.11. The van der Waals surface area contributed by atoms with Gasteiger partial charge in [-0.3, -0.25) is 4.68 Å². The quantitative estimate of drug-likeness (QED) is 0.496. The van der Waals surface area contributed by atoms with Gasteiger partial charge in [0.15, 0.2) is 5.96 Å². The molecule has 1 unspecified atom stereocenters. The van der Waals surface area contributed by atoms with E-state index in [2.05, 4.69) is 48.4 Å². The second-order valence-corrected chi connectivity index (χ2v) is 8.60. The summed E-state index contributed by atoms with van der Waals surface area (Å²) >= 11 is 0. The molecular formula is C24H38N6O. The van der Waals surface area contributed by atoms with Gasteiger partial charge in [0.05, 0.1) is 12.2 Å². The highest BCUT2D eigenvalue weighted by atomic mass is 16.5. The van der Waals surface area contributed by atoms with E-state index >= 15 is 0 Å². The first-order valence-electron chi connectivity index (χ1n) is 11.6. The van der Waals surface area contributed by atoms with Crippen LogP contribution in [0.3, 0.4) is 0 Å². The summed E-state index contributed by atoms with van der Waals surface area (Å²) in [5.74, 6) is 1.54. The molecule has 2 aromatic heterocycles. The van der Waals surface area contributed by atoms with Gasteiger partial charge in [0, 0.05) is 37.6 Å². The summed E-state index contributed by atoms with van der Waals surface area (Å²) in [7, 11) is 2.00. The zero-order chi connectivity index (χ0) is 22.2. The van der Waals surface area contributed by atoms with Crippen molar-refractivity contribution in [2.75, 3.05) is 6.54 Å². The number of rotatable bonds is 8. The molecule has 31 heavy (non-hydrogen) atoms. The van der Waals surface area contributed by atoms with Gasteiger partial charge in [-0.25, -0.2) is 9.98 Å². The number of nitrogens with zero attached hydrogens (tertiary/aromatic N) is 4. The number of nitrogens with one attached hydrogen (secondary N) is 2. The first-order chi connectivity index (χ1) is 15.0. The van der Waals surface area contributed by atoms with Crippen LogP contribution >= 0.6 is 0 Å². The van der Waals surface area contributed by atoms with Crippen molar-refractivity contribution >= 4 is 5.96 Å². The molecular weight excluding hydrogens is 388 g/mol. The normalized spacial score (nSPS) is 16.2. The predicted octanol–water partition coefficient (Wildman–Crippen LogP) is 3.83. The van der Waals surface area contributed by atoms with E-state index in [0.29, 0.717) is 18.5 Å². The fourth-order valence-electron chi connectivity index (χ4n) is 4.16. The van der Waals surface area contributed by atoms with Crippen LogP contribution < -0.4 is 15.4 Å². The van der Waals surface area contributed by atoms with Crippen molar-refractivity contribution in [1.82, 2.24) is 25.4 Å². The highest BCUT2D eigenvalue weighted by Gasteiger charge is 2.16. The number of pyridine rings is 1. The van der Waals surface area contributed by atoms with E-state index in [0.717, 1.165) is 43.0 Å². The van der Waals surface area contributed by atoms with Crippen molar-refractivity contribution in [1.29, 1.82) is 0 Å². The number of guanidine groups is 1. The Balaban J connectivity index is 1.60. The molecule has 7 nitrogen and oxygen atoms in total. The van der Waals surface area contributed by atoms with Crippen molar-refractivity contribution in [3.63, 3.8) is 0 Å². The Morgan fingerprint density at radius 2 is 2.06 bits per heavy atom. The second kappa shape index (κ2) is 11.2. The summed E-state index contributed by atoms with van der Waals surface area (Å²) in [5, 5.41) is 11.4. The standard InChI is InChI=1S/C24H38N6O/c1-6-25-24(28-17(2)14-22-18(3)29-30(5)19(22)4)27-16-20-12-13-26-23(15-20)31-21-10-8-7-9-11-21/h12-13,15,17,21H,6-11,14,16H2,1-5H3,(H2,25,27,28). The molecule has 0 saturated heterocycles. The molecule has 1 saturated carbocycles. The Morgan fingerprint density at radius 3 is 2.74 bits per heavy atom. The lowest BCUT2D eigenvalue weighted by Crippen LogP contribution is -2.43. The average molecular weight is 427 g/mol. The van der Waals surface area contributed by atoms with Gasteiger partial charge in [0.2, 0.25) is 5.88 Å². The largest absolute Gasteiger partial charge is 0.474 e. The van der Waals surface area contributed by atoms with Crippen LogP contribution in [0.2, 0.25) is 0 Å². The molecule has 2 N–H and O–H groups in total. The van der Waals surface area contributed by atoms with Gasteiger partial charge in [0.25, 0.3) is 0 Å². The van der Waals surface area contributed by atoms with Crippen molar-refractivity contribution in [2.45, 2.75) is 84.9 Å². The first kappa shape index (κ1) is 23.1. The fraction of sp³-hybridized carbons (Fsp3) is 0.625. The van der Waals surface area contributed by atoms with Crippen LogP contribution in [0.1, 0.15) is 68.5 Å². The van der Waals surface area contributed by atoms with Gasteiger partial charge in [-0.15, -0.1) is 0 Å². The molecule has 0 radical (unpaired) electrons. The van der Waals surface area contributed by atoms with Crippen molar-refractivity contribution in [3.8, 4) is 5.88 Å². The Kier molecular flexibility index (Phi) is 8.32. The first-order valence-corrected chi connectivity index (χ1v) is 11.6. The van der Waals surface area contributed by atoms with Gasteiger partial charge >= 0.3 is 0 Å². The van der Waals surface area contributed by atoms with Crippen molar-refractivity contribution < 1.29 is 4.74 Å². The van der Waals surface area contributed by atoms with Gasteiger partial charge in [-0.05, 0) is 77.0 Å². The Labute approximate surface area is 186 Å². The molecule has 1 fully saturated rings. The van der Waals surface area contributed by atoms with E-state index in [4.69, 9.17) is 9.73 Å². The van der Waals surface area contributed by atoms with E-state index in [1.165, 1.54) is 30.5 Å². The van der Waals surface area contributed by atoms with Gasteiger partial charge in [0.1, 0.15) is 6.10 Å². The van der Waals surface area contributed by atoms with Crippen LogP contribution in [0.4, 0.5) is 0 Å². The minimum absolute atomic E-state index is 0.238. The van der Waals surface area contributed by atoms with Crippen LogP contribution in [-0.2, 0) is 20.0 Å². The van der Waals surface area contributed by atoms with Crippen LogP contribution in [0.5, 0.6) is 5.88 Å². The number of ether oxygens (including phenoxy) is 1. The van der Waals surface area contributed by atoms with E-state index in [1.54, 1.807) is 0 Å². The molecule has 1 atom stereocenters. The fourth-order valence-corrected chi connectivity index (χ4v) is 4.16. The van der Waals surface area contributed by atoms with Gasteiger partial charge in [-0.2, -0.15) is 5.10 Å². The number of hydrogen-bond acceptors (Lipinski definition) is 4. The highest BCUT2D eigenvalue weighted by molar-refractivity contribution is 5.80. The summed E-state index contributed by atoms with van der Waals surface area (Å²) < 4.78 is 8.06. The van der Waals surface area contributed by atoms with Crippen molar-refractivity contribution in [3.05, 3.63) is 40.8 Å². The number of hydrogen-bond donors (Lipinski definition) is 2. The molecule has 1 aliphatic rings. The third kappa shape index (κ3) is 6.71. The van der Waals surface area contributed by atoms with E-state index in [9.17, 15) is 0 Å². The lowest BCUT2D eigenvalue weighted by Gasteiger charge is -2.22. The second-order valence-electron chi connectivity index (χ2n) is 8.60. The molecule has 1 aliphatic carbocycles. The molecule has 0 amide bonds. The van der Waals surface area contributed by atoms with Crippen LogP contribution in [0.25, 0.3) is 0 Å².